The van der Waals surface area contributed by atoms with Gasteiger partial charge in [0.05, 0.1) is 5.69 Å². The highest BCUT2D eigenvalue weighted by Gasteiger charge is 2.10. The van der Waals surface area contributed by atoms with Crippen molar-refractivity contribution < 1.29 is 4.74 Å². The molecule has 0 aliphatic carbocycles. The van der Waals surface area contributed by atoms with Crippen molar-refractivity contribution in [2.45, 2.75) is 12.8 Å². The van der Waals surface area contributed by atoms with Crippen molar-refractivity contribution in [3.8, 4) is 28.1 Å². The van der Waals surface area contributed by atoms with Crippen LogP contribution in [0.4, 0.5) is 0 Å². The van der Waals surface area contributed by atoms with E-state index >= 15 is 0 Å². The average molecular weight is 379 g/mol. The number of likely N-dealkylation sites (tertiary alicyclic amines) is 1. The van der Waals surface area contributed by atoms with Crippen LogP contribution in [0, 0.1) is 0 Å². The zero-order chi connectivity index (χ0) is 18.5. The molecule has 0 N–H and O–H groups in total. The first-order valence-electron chi connectivity index (χ1n) is 9.45. The lowest BCUT2D eigenvalue weighted by atomic mass is 10.1. The summed E-state index contributed by atoms with van der Waals surface area (Å²) in [6, 6.07) is 20.1. The van der Waals surface area contributed by atoms with E-state index in [4.69, 9.17) is 16.3 Å². The lowest BCUT2D eigenvalue weighted by molar-refractivity contribution is 0.238. The van der Waals surface area contributed by atoms with Gasteiger partial charge in [-0.15, -0.1) is 0 Å². The van der Waals surface area contributed by atoms with Crippen LogP contribution in [0.15, 0.2) is 66.9 Å². The first-order chi connectivity index (χ1) is 13.3. The molecule has 3 aromatic rings. The van der Waals surface area contributed by atoms with Crippen molar-refractivity contribution in [2.75, 3.05) is 26.2 Å². The molecule has 1 aliphatic rings. The minimum absolute atomic E-state index is 0.742. The Morgan fingerprint density at radius 2 is 1.48 bits per heavy atom. The molecule has 1 aliphatic heterocycles. The Hall–Kier alpha value is -2.36. The molecule has 0 spiro atoms. The van der Waals surface area contributed by atoms with Gasteiger partial charge in [0.25, 0.3) is 0 Å². The first kappa shape index (κ1) is 18.0. The van der Waals surface area contributed by atoms with Crippen molar-refractivity contribution in [3.05, 3.63) is 71.9 Å². The second kappa shape index (κ2) is 8.55. The van der Waals surface area contributed by atoms with Gasteiger partial charge < -0.3 is 4.74 Å². The summed E-state index contributed by atoms with van der Waals surface area (Å²) in [6.07, 6.45) is 4.54. The van der Waals surface area contributed by atoms with E-state index in [9.17, 15) is 0 Å². The zero-order valence-corrected chi connectivity index (χ0v) is 16.0. The van der Waals surface area contributed by atoms with Crippen LogP contribution in [0.1, 0.15) is 12.8 Å². The molecule has 0 bridgehead atoms. The van der Waals surface area contributed by atoms with Crippen LogP contribution in [0.3, 0.4) is 0 Å². The van der Waals surface area contributed by atoms with E-state index in [-0.39, 0.29) is 0 Å². The van der Waals surface area contributed by atoms with Gasteiger partial charge in [0.15, 0.2) is 0 Å². The Balaban J connectivity index is 1.37. The van der Waals surface area contributed by atoms with Gasteiger partial charge in [-0.25, -0.2) is 0 Å². The number of nitrogens with zero attached hydrogens (tertiary/aromatic N) is 2. The fraction of sp³-hybridized carbons (Fsp3) is 0.261. The maximum atomic E-state index is 5.95. The van der Waals surface area contributed by atoms with Gasteiger partial charge in [0.1, 0.15) is 12.4 Å². The number of rotatable bonds is 6. The number of aromatic nitrogens is 1. The fourth-order valence-electron chi connectivity index (χ4n) is 3.40. The van der Waals surface area contributed by atoms with Gasteiger partial charge in [-0.05, 0) is 74.0 Å². The number of hydrogen-bond donors (Lipinski definition) is 0. The molecule has 1 saturated heterocycles. The summed E-state index contributed by atoms with van der Waals surface area (Å²) in [6.45, 7) is 4.17. The molecule has 2 aromatic carbocycles. The van der Waals surface area contributed by atoms with E-state index in [1.807, 2.05) is 48.7 Å². The van der Waals surface area contributed by atoms with Gasteiger partial charge in [-0.2, -0.15) is 0 Å². The van der Waals surface area contributed by atoms with Crippen molar-refractivity contribution in [2.24, 2.45) is 0 Å². The van der Waals surface area contributed by atoms with Crippen LogP contribution < -0.4 is 4.74 Å². The molecule has 0 amide bonds. The Kier molecular flexibility index (Phi) is 5.71. The van der Waals surface area contributed by atoms with Gasteiger partial charge in [0.2, 0.25) is 0 Å². The van der Waals surface area contributed by atoms with Gasteiger partial charge in [-0.1, -0.05) is 29.8 Å². The summed E-state index contributed by atoms with van der Waals surface area (Å²) in [7, 11) is 0. The van der Waals surface area contributed by atoms with E-state index in [0.29, 0.717) is 0 Å². The second-order valence-electron chi connectivity index (χ2n) is 6.86. The molecular weight excluding hydrogens is 356 g/mol. The zero-order valence-electron chi connectivity index (χ0n) is 15.3. The smallest absolute Gasteiger partial charge is 0.119 e. The molecule has 1 fully saturated rings. The summed E-state index contributed by atoms with van der Waals surface area (Å²) in [5.41, 5.74) is 4.23. The lowest BCUT2D eigenvalue weighted by Gasteiger charge is -2.15. The number of benzene rings is 2. The molecule has 3 nitrogen and oxygen atoms in total. The van der Waals surface area contributed by atoms with Crippen LogP contribution in [0.2, 0.25) is 5.02 Å². The highest BCUT2D eigenvalue weighted by Crippen LogP contribution is 2.25. The minimum atomic E-state index is 0.742. The molecule has 1 aromatic heterocycles. The first-order valence-corrected chi connectivity index (χ1v) is 9.83. The highest BCUT2D eigenvalue weighted by molar-refractivity contribution is 6.30. The summed E-state index contributed by atoms with van der Waals surface area (Å²) in [4.78, 5) is 7.07. The molecule has 0 atom stereocenters. The van der Waals surface area contributed by atoms with Gasteiger partial charge in [0, 0.05) is 28.9 Å². The summed E-state index contributed by atoms with van der Waals surface area (Å²) in [5, 5.41) is 0.742. The fourth-order valence-corrected chi connectivity index (χ4v) is 3.52. The number of halogens is 1. The Morgan fingerprint density at radius 1 is 0.815 bits per heavy atom. The molecule has 27 heavy (non-hydrogen) atoms. The summed E-state index contributed by atoms with van der Waals surface area (Å²) >= 11 is 5.95. The average Bonchev–Trinajstić information content (AvgIpc) is 3.23. The van der Waals surface area contributed by atoms with Crippen LogP contribution in [-0.2, 0) is 0 Å². The summed E-state index contributed by atoms with van der Waals surface area (Å²) < 4.78 is 5.87. The molecule has 2 heterocycles. The van der Waals surface area contributed by atoms with E-state index in [0.717, 1.165) is 46.3 Å². The van der Waals surface area contributed by atoms with Gasteiger partial charge >= 0.3 is 0 Å². The number of pyridine rings is 1. The molecule has 4 heteroatoms. The minimum Gasteiger partial charge on any atom is -0.492 e. The third-order valence-electron chi connectivity index (χ3n) is 4.97. The van der Waals surface area contributed by atoms with Crippen molar-refractivity contribution in [1.29, 1.82) is 0 Å². The van der Waals surface area contributed by atoms with E-state index in [2.05, 4.69) is 28.1 Å². The maximum absolute atomic E-state index is 5.95. The maximum Gasteiger partial charge on any atom is 0.119 e. The molecular formula is C23H23ClN2O. The lowest BCUT2D eigenvalue weighted by Crippen LogP contribution is -2.25. The van der Waals surface area contributed by atoms with Crippen LogP contribution >= 0.6 is 11.6 Å². The normalized spacial score (nSPS) is 14.4. The predicted molar refractivity (Wildman–Crippen MR) is 111 cm³/mol. The third kappa shape index (κ3) is 4.68. The topological polar surface area (TPSA) is 25.4 Å². The predicted octanol–water partition coefficient (Wildman–Crippen LogP) is 5.54. The Morgan fingerprint density at radius 3 is 2.15 bits per heavy atom. The molecule has 0 unspecified atom stereocenters. The van der Waals surface area contributed by atoms with Gasteiger partial charge in [-0.3, -0.25) is 9.88 Å². The van der Waals surface area contributed by atoms with Crippen LogP contribution in [0.25, 0.3) is 22.4 Å². The molecule has 138 valence electrons. The quantitative estimate of drug-likeness (QED) is 0.562. The van der Waals surface area contributed by atoms with E-state index in [1.54, 1.807) is 0 Å². The Labute approximate surface area is 165 Å². The van der Waals surface area contributed by atoms with Crippen LogP contribution in [0.5, 0.6) is 5.75 Å². The van der Waals surface area contributed by atoms with Crippen molar-refractivity contribution in [1.82, 2.24) is 9.88 Å². The van der Waals surface area contributed by atoms with E-state index < -0.39 is 0 Å². The van der Waals surface area contributed by atoms with Crippen molar-refractivity contribution >= 4 is 11.6 Å². The SMILES string of the molecule is Clc1ccc(-c2ccc(-c3ccc(OCCN4CCCC4)cc3)nc2)cc1. The summed E-state index contributed by atoms with van der Waals surface area (Å²) in [5.74, 6) is 0.913. The standard InChI is InChI=1S/C23H23ClN2O/c24-21-8-3-18(4-9-21)20-7-12-23(25-17-20)19-5-10-22(11-6-19)27-16-15-26-13-1-2-14-26/h3-12,17H,1-2,13-16H2. The second-order valence-corrected chi connectivity index (χ2v) is 7.30. The molecule has 4 rings (SSSR count). The molecule has 0 radical (unpaired) electrons. The largest absolute Gasteiger partial charge is 0.492 e. The Bertz CT molecular complexity index is 854. The molecule has 0 saturated carbocycles. The number of hydrogen-bond acceptors (Lipinski definition) is 3. The number of ether oxygens (including phenoxy) is 1. The highest BCUT2D eigenvalue weighted by atomic mass is 35.5. The third-order valence-corrected chi connectivity index (χ3v) is 5.22. The van der Waals surface area contributed by atoms with Crippen LogP contribution in [-0.4, -0.2) is 36.1 Å². The van der Waals surface area contributed by atoms with E-state index in [1.165, 1.54) is 25.9 Å². The monoisotopic (exact) mass is 378 g/mol. The van der Waals surface area contributed by atoms with Crippen molar-refractivity contribution in [3.63, 3.8) is 0 Å².